The summed E-state index contributed by atoms with van der Waals surface area (Å²) in [7, 11) is -9.69. The fourth-order valence-corrected chi connectivity index (χ4v) is 7.09. The Hall–Kier alpha value is -5.34. The molecule has 2 aromatic heterocycles. The van der Waals surface area contributed by atoms with Crippen LogP contribution in [0.15, 0.2) is 46.2 Å². The fraction of sp³-hybridized carbons (Fsp3) is 0.474. The largest absolute Gasteiger partial charge is 0.392 e. The molecule has 0 fully saturated rings. The fourth-order valence-electron chi connectivity index (χ4n) is 5.68. The molecule has 62 heavy (non-hydrogen) atoms. The number of aliphatic hydroxyl groups is 2. The molecule has 340 valence electrons. The Kier molecular flexibility index (Phi) is 18.9. The molecule has 0 spiro atoms. The summed E-state index contributed by atoms with van der Waals surface area (Å²) >= 11 is 0. The number of nitrogens with zero attached hydrogens (tertiary/aromatic N) is 7. The second kappa shape index (κ2) is 23.8. The second-order valence-corrected chi connectivity index (χ2v) is 16.8. The van der Waals surface area contributed by atoms with Gasteiger partial charge in [-0.2, -0.15) is 46.7 Å². The Bertz CT molecular complexity index is 2320. The van der Waals surface area contributed by atoms with Gasteiger partial charge in [-0.25, -0.2) is 0 Å². The predicted octanol–water partition coefficient (Wildman–Crippen LogP) is 3.35. The average Bonchev–Trinajstić information content (AvgIpc) is 3.21. The Labute approximate surface area is 362 Å². The SMILES string of the molecule is CCNCCCNc1nc(NCC(C)O)nc(Nc2ccc(/C=C/c3ccc(Nc4nc(NCCCN(CC)CC)nc(NCC(C)O)n4)cc3S(=O)(=O)O)c(S(=O)(=O)O)c2)n1. The lowest BCUT2D eigenvalue weighted by atomic mass is 10.1. The smallest absolute Gasteiger partial charge is 0.295 e. The van der Waals surface area contributed by atoms with Gasteiger partial charge in [0.15, 0.2) is 0 Å². The Morgan fingerprint density at radius 1 is 0.597 bits per heavy atom. The van der Waals surface area contributed by atoms with Crippen LogP contribution in [-0.2, 0) is 20.2 Å². The molecule has 4 rings (SSSR count). The molecule has 2 heterocycles. The third kappa shape index (κ3) is 16.5. The molecule has 0 radical (unpaired) electrons. The summed E-state index contributed by atoms with van der Waals surface area (Å²) in [6.45, 7) is 15.1. The van der Waals surface area contributed by atoms with Crippen molar-refractivity contribution in [2.24, 2.45) is 0 Å². The molecule has 0 aliphatic rings. The van der Waals surface area contributed by atoms with Crippen LogP contribution in [0.5, 0.6) is 0 Å². The van der Waals surface area contributed by atoms with Crippen molar-refractivity contribution in [1.82, 2.24) is 40.1 Å². The maximum absolute atomic E-state index is 12.7. The minimum atomic E-state index is -4.84. The van der Waals surface area contributed by atoms with Crippen LogP contribution in [0, 0.1) is 0 Å². The minimum Gasteiger partial charge on any atom is -0.392 e. The zero-order valence-electron chi connectivity index (χ0n) is 35.4. The number of nitrogens with one attached hydrogen (secondary N) is 7. The molecule has 2 aromatic carbocycles. The number of aromatic nitrogens is 6. The van der Waals surface area contributed by atoms with Crippen LogP contribution in [0.3, 0.4) is 0 Å². The average molecular weight is 903 g/mol. The highest BCUT2D eigenvalue weighted by atomic mass is 32.2. The lowest BCUT2D eigenvalue weighted by Gasteiger charge is -2.18. The minimum absolute atomic E-state index is 0.0139. The van der Waals surface area contributed by atoms with Gasteiger partial charge >= 0.3 is 0 Å². The van der Waals surface area contributed by atoms with Gasteiger partial charge in [-0.05, 0) is 94.8 Å². The molecule has 22 nitrogen and oxygen atoms in total. The zero-order chi connectivity index (χ0) is 45.3. The van der Waals surface area contributed by atoms with Crippen molar-refractivity contribution in [2.75, 3.05) is 90.8 Å². The van der Waals surface area contributed by atoms with E-state index < -0.39 is 42.2 Å². The van der Waals surface area contributed by atoms with Gasteiger partial charge in [0, 0.05) is 37.6 Å². The molecular formula is C38H58N14O8S2. The molecular weight excluding hydrogens is 845 g/mol. The Balaban J connectivity index is 1.60. The molecule has 0 bridgehead atoms. The first kappa shape index (κ1) is 49.3. The van der Waals surface area contributed by atoms with Gasteiger partial charge in [-0.1, -0.05) is 45.1 Å². The number of benzene rings is 2. The van der Waals surface area contributed by atoms with Crippen molar-refractivity contribution >= 4 is 79.5 Å². The van der Waals surface area contributed by atoms with E-state index in [2.05, 4.69) is 85.9 Å². The van der Waals surface area contributed by atoms with Crippen LogP contribution in [0.2, 0.25) is 0 Å². The van der Waals surface area contributed by atoms with Crippen molar-refractivity contribution in [3.63, 3.8) is 0 Å². The van der Waals surface area contributed by atoms with Crippen molar-refractivity contribution in [1.29, 1.82) is 0 Å². The lowest BCUT2D eigenvalue weighted by molar-refractivity contribution is 0.207. The van der Waals surface area contributed by atoms with E-state index in [1.807, 2.05) is 6.92 Å². The molecule has 4 aromatic rings. The van der Waals surface area contributed by atoms with E-state index >= 15 is 0 Å². The normalized spacial score (nSPS) is 12.9. The standard InChI is InChI=1S/C38H58N14O8S2/c1-6-39-17-9-18-40-33-46-35(42-23-25(4)53)50-37(48-33)44-29-15-13-27(31(21-29)61(55,56)57)11-12-28-14-16-30(22-32(28)62(58,59)60)45-38-49-34(41-19-10-20-52(7-2)8-3)47-36(51-38)43-24-26(5)54/h11-16,21-22,25-26,39,53-54H,6-10,17-20,23-24H2,1-5H3,(H,55,56,57)(H,58,59,60)(H3,40,42,44,46,48,50)(H3,41,43,45,47,49,51)/b12-11+. The van der Waals surface area contributed by atoms with Gasteiger partial charge in [0.1, 0.15) is 9.79 Å². The molecule has 0 aliphatic carbocycles. The van der Waals surface area contributed by atoms with Gasteiger partial charge < -0.3 is 52.3 Å². The second-order valence-electron chi connectivity index (χ2n) is 14.1. The summed E-state index contributed by atoms with van der Waals surface area (Å²) in [5, 5.41) is 40.8. The van der Waals surface area contributed by atoms with Crippen LogP contribution in [-0.4, -0.2) is 142 Å². The summed E-state index contributed by atoms with van der Waals surface area (Å²) in [6, 6.07) is 8.04. The van der Waals surface area contributed by atoms with E-state index in [1.165, 1.54) is 36.4 Å². The first-order chi connectivity index (χ1) is 29.5. The van der Waals surface area contributed by atoms with Crippen molar-refractivity contribution in [2.45, 2.75) is 69.5 Å². The molecule has 24 heteroatoms. The third-order valence-corrected chi connectivity index (χ3v) is 10.6. The summed E-state index contributed by atoms with van der Waals surface area (Å²) in [4.78, 5) is 27.4. The van der Waals surface area contributed by atoms with E-state index in [0.29, 0.717) is 13.1 Å². The quantitative estimate of drug-likeness (QED) is 0.0232. The lowest BCUT2D eigenvalue weighted by Crippen LogP contribution is -2.25. The first-order valence-electron chi connectivity index (χ1n) is 20.2. The Morgan fingerprint density at radius 3 is 1.39 bits per heavy atom. The molecule has 0 saturated carbocycles. The maximum Gasteiger partial charge on any atom is 0.295 e. The predicted molar refractivity (Wildman–Crippen MR) is 241 cm³/mol. The number of rotatable bonds is 27. The molecule has 11 N–H and O–H groups in total. The molecule has 2 atom stereocenters. The topological polar surface area (TPSA) is 314 Å². The molecule has 2 unspecified atom stereocenters. The number of aliphatic hydroxyl groups excluding tert-OH is 2. The highest BCUT2D eigenvalue weighted by molar-refractivity contribution is 7.86. The summed E-state index contributed by atoms with van der Waals surface area (Å²) in [5.41, 5.74) is 0.326. The van der Waals surface area contributed by atoms with Gasteiger partial charge in [-0.3, -0.25) is 9.11 Å². The summed E-state index contributed by atoms with van der Waals surface area (Å²) in [6.07, 6.45) is 2.73. The third-order valence-electron chi connectivity index (χ3n) is 8.81. The summed E-state index contributed by atoms with van der Waals surface area (Å²) < 4.78 is 71.0. The maximum atomic E-state index is 12.7. The van der Waals surface area contributed by atoms with Crippen LogP contribution in [0.1, 0.15) is 58.6 Å². The number of hydrogen-bond acceptors (Lipinski definition) is 20. The highest BCUT2D eigenvalue weighted by Crippen LogP contribution is 2.28. The van der Waals surface area contributed by atoms with E-state index in [1.54, 1.807) is 13.8 Å². The number of anilines is 8. The van der Waals surface area contributed by atoms with Crippen molar-refractivity contribution in [3.8, 4) is 0 Å². The molecule has 0 aliphatic heterocycles. The van der Waals surface area contributed by atoms with Crippen LogP contribution in [0.4, 0.5) is 47.1 Å². The van der Waals surface area contributed by atoms with Crippen LogP contribution in [0.25, 0.3) is 12.2 Å². The van der Waals surface area contributed by atoms with Crippen molar-refractivity contribution in [3.05, 3.63) is 47.5 Å². The van der Waals surface area contributed by atoms with Gasteiger partial charge in [0.2, 0.25) is 35.7 Å². The Morgan fingerprint density at radius 2 is 1.00 bits per heavy atom. The van der Waals surface area contributed by atoms with Crippen LogP contribution >= 0.6 is 0 Å². The van der Waals surface area contributed by atoms with Crippen LogP contribution < -0.4 is 37.2 Å². The number of hydrogen-bond donors (Lipinski definition) is 11. The molecule has 0 amide bonds. The van der Waals surface area contributed by atoms with Crippen molar-refractivity contribution < 1.29 is 36.2 Å². The van der Waals surface area contributed by atoms with Gasteiger partial charge in [0.05, 0.1) is 12.2 Å². The first-order valence-corrected chi connectivity index (χ1v) is 23.1. The monoisotopic (exact) mass is 902 g/mol. The van der Waals surface area contributed by atoms with Gasteiger partial charge in [-0.15, -0.1) is 0 Å². The van der Waals surface area contributed by atoms with E-state index in [-0.39, 0.29) is 71.3 Å². The van der Waals surface area contributed by atoms with E-state index in [4.69, 9.17) is 0 Å². The zero-order valence-corrected chi connectivity index (χ0v) is 37.1. The van der Waals surface area contributed by atoms with E-state index in [0.717, 1.165) is 57.7 Å². The van der Waals surface area contributed by atoms with E-state index in [9.17, 15) is 36.2 Å². The summed E-state index contributed by atoms with van der Waals surface area (Å²) in [5.74, 6) is 0.809. The highest BCUT2D eigenvalue weighted by Gasteiger charge is 2.19. The van der Waals surface area contributed by atoms with Gasteiger partial charge in [0.25, 0.3) is 20.2 Å². The molecule has 0 saturated heterocycles.